The van der Waals surface area contributed by atoms with E-state index >= 15 is 0 Å². The number of carbonyl (C=O) groups is 1. The molecule has 0 bridgehead atoms. The fourth-order valence-corrected chi connectivity index (χ4v) is 5.91. The lowest BCUT2D eigenvalue weighted by molar-refractivity contribution is -0.148. The first-order valence-corrected chi connectivity index (χ1v) is 11.6. The lowest BCUT2D eigenvalue weighted by Crippen LogP contribution is -2.50. The van der Waals surface area contributed by atoms with Crippen LogP contribution in [0.1, 0.15) is 30.4 Å². The Balaban J connectivity index is 1.20. The van der Waals surface area contributed by atoms with Crippen molar-refractivity contribution >= 4 is 5.91 Å². The Hall–Kier alpha value is -2.31. The van der Waals surface area contributed by atoms with Crippen LogP contribution >= 0.6 is 0 Å². The minimum Gasteiger partial charge on any atom is -0.375 e. The van der Waals surface area contributed by atoms with Crippen LogP contribution in [0.25, 0.3) is 0 Å². The predicted molar refractivity (Wildman–Crippen MR) is 118 cm³/mol. The van der Waals surface area contributed by atoms with Gasteiger partial charge in [-0.15, -0.1) is 0 Å². The number of amides is 1. The van der Waals surface area contributed by atoms with Crippen LogP contribution in [0.3, 0.4) is 0 Å². The Kier molecular flexibility index (Phi) is 5.54. The van der Waals surface area contributed by atoms with E-state index in [2.05, 4.69) is 34.5 Å². The third-order valence-corrected chi connectivity index (χ3v) is 7.75. The smallest absolute Gasteiger partial charge is 0.256 e. The third-order valence-electron chi connectivity index (χ3n) is 7.75. The van der Waals surface area contributed by atoms with Gasteiger partial charge in [-0.3, -0.25) is 9.69 Å². The summed E-state index contributed by atoms with van der Waals surface area (Å²) in [5.41, 5.74) is -0.227. The summed E-state index contributed by atoms with van der Waals surface area (Å²) in [6.45, 7) is 3.46. The number of alkyl halides is 2. The van der Waals surface area contributed by atoms with Crippen LogP contribution in [0.2, 0.25) is 0 Å². The summed E-state index contributed by atoms with van der Waals surface area (Å²) < 4.78 is 27.9. The molecule has 4 nitrogen and oxygen atoms in total. The van der Waals surface area contributed by atoms with Gasteiger partial charge >= 0.3 is 0 Å². The van der Waals surface area contributed by atoms with E-state index in [1.807, 2.05) is 6.07 Å². The molecular formula is C26H30F2N2O2. The van der Waals surface area contributed by atoms with Crippen molar-refractivity contribution < 1.29 is 18.7 Å². The van der Waals surface area contributed by atoms with Gasteiger partial charge in [0.15, 0.2) is 5.60 Å². The number of piperidine rings is 1. The van der Waals surface area contributed by atoms with Gasteiger partial charge in [0, 0.05) is 44.9 Å². The number of nitrogens with one attached hydrogen (secondary N) is 1. The summed E-state index contributed by atoms with van der Waals surface area (Å²) in [7, 11) is 0. The fourth-order valence-electron chi connectivity index (χ4n) is 5.91. The number of hydrogen-bond acceptors (Lipinski definition) is 3. The molecule has 5 atom stereocenters. The first-order valence-electron chi connectivity index (χ1n) is 11.6. The summed E-state index contributed by atoms with van der Waals surface area (Å²) in [6.07, 6.45) is -0.617. The molecule has 0 radical (unpaired) electrons. The highest BCUT2D eigenvalue weighted by atomic mass is 19.3. The van der Waals surface area contributed by atoms with Gasteiger partial charge in [-0.2, -0.15) is 0 Å². The molecular weight excluding hydrogens is 410 g/mol. The Bertz CT molecular complexity index is 943. The largest absolute Gasteiger partial charge is 0.375 e. The van der Waals surface area contributed by atoms with E-state index in [9.17, 15) is 18.7 Å². The van der Waals surface area contributed by atoms with E-state index in [1.54, 1.807) is 30.3 Å². The first kappa shape index (κ1) is 21.5. The molecule has 5 rings (SSSR count). The van der Waals surface area contributed by atoms with Crippen molar-refractivity contribution in [1.29, 1.82) is 0 Å². The van der Waals surface area contributed by atoms with Crippen LogP contribution in [0.15, 0.2) is 60.7 Å². The molecule has 1 aliphatic heterocycles. The quantitative estimate of drug-likeness (QED) is 0.689. The summed E-state index contributed by atoms with van der Waals surface area (Å²) in [5.74, 6) is -2.66. The Morgan fingerprint density at radius 3 is 2.28 bits per heavy atom. The molecule has 2 N–H and O–H groups in total. The monoisotopic (exact) mass is 440 g/mol. The summed E-state index contributed by atoms with van der Waals surface area (Å²) in [4.78, 5) is 15.7. The number of aliphatic hydroxyl groups is 1. The predicted octanol–water partition coefficient (Wildman–Crippen LogP) is 3.80. The lowest BCUT2D eigenvalue weighted by atomic mass is 9.79. The normalized spacial score (nSPS) is 30.5. The van der Waals surface area contributed by atoms with Crippen molar-refractivity contribution in [3.63, 3.8) is 0 Å². The summed E-state index contributed by atoms with van der Waals surface area (Å²) >= 11 is 0. The van der Waals surface area contributed by atoms with E-state index in [4.69, 9.17) is 0 Å². The van der Waals surface area contributed by atoms with Crippen molar-refractivity contribution in [2.24, 2.45) is 23.7 Å². The molecule has 3 aliphatic rings. The second-order valence-corrected chi connectivity index (χ2v) is 9.81. The zero-order valence-corrected chi connectivity index (χ0v) is 18.1. The SMILES string of the molecule is O=C(NCC1[C@H]2CN(Cc3ccccc3)C[C@@H]12)[C@](O)(c1ccccc1)C1CCC(F)(F)C1. The molecule has 1 saturated heterocycles. The molecule has 2 aliphatic carbocycles. The summed E-state index contributed by atoms with van der Waals surface area (Å²) in [5, 5.41) is 14.4. The highest BCUT2D eigenvalue weighted by molar-refractivity contribution is 5.86. The molecule has 2 saturated carbocycles. The van der Waals surface area contributed by atoms with E-state index in [1.165, 1.54) is 5.56 Å². The van der Waals surface area contributed by atoms with Crippen molar-refractivity contribution in [2.75, 3.05) is 19.6 Å². The molecule has 0 spiro atoms. The van der Waals surface area contributed by atoms with Gasteiger partial charge in [0.05, 0.1) is 0 Å². The number of fused-ring (bicyclic) bond motifs is 1. The zero-order valence-electron chi connectivity index (χ0n) is 18.1. The Morgan fingerprint density at radius 2 is 1.69 bits per heavy atom. The van der Waals surface area contributed by atoms with E-state index in [-0.39, 0.29) is 12.8 Å². The molecule has 0 aromatic heterocycles. The van der Waals surface area contributed by atoms with Crippen LogP contribution in [0, 0.1) is 23.7 Å². The van der Waals surface area contributed by atoms with E-state index in [0.717, 1.165) is 19.6 Å². The van der Waals surface area contributed by atoms with Gasteiger partial charge in [-0.05, 0) is 35.3 Å². The van der Waals surface area contributed by atoms with Crippen molar-refractivity contribution in [1.82, 2.24) is 10.2 Å². The van der Waals surface area contributed by atoms with Crippen molar-refractivity contribution in [3.8, 4) is 0 Å². The highest BCUT2D eigenvalue weighted by Gasteiger charge is 2.57. The van der Waals surface area contributed by atoms with Gasteiger partial charge in [0.1, 0.15) is 0 Å². The molecule has 2 unspecified atom stereocenters. The maximum atomic E-state index is 13.9. The maximum Gasteiger partial charge on any atom is 0.256 e. The number of carbonyl (C=O) groups excluding carboxylic acids is 1. The van der Waals surface area contributed by atoms with E-state index in [0.29, 0.717) is 29.9 Å². The number of nitrogens with zero attached hydrogens (tertiary/aromatic N) is 1. The number of benzene rings is 2. The first-order chi connectivity index (χ1) is 15.4. The fraction of sp³-hybridized carbons (Fsp3) is 0.500. The molecule has 1 amide bonds. The average Bonchev–Trinajstić information content (AvgIpc) is 3.09. The second kappa shape index (κ2) is 8.23. The Morgan fingerprint density at radius 1 is 1.06 bits per heavy atom. The second-order valence-electron chi connectivity index (χ2n) is 9.81. The lowest BCUT2D eigenvalue weighted by Gasteiger charge is -2.33. The van der Waals surface area contributed by atoms with Gasteiger partial charge in [-0.25, -0.2) is 8.78 Å². The maximum absolute atomic E-state index is 13.9. The van der Waals surface area contributed by atoms with Crippen LogP contribution in [-0.2, 0) is 16.9 Å². The number of likely N-dealkylation sites (tertiary alicyclic amines) is 1. The topological polar surface area (TPSA) is 52.6 Å². The summed E-state index contributed by atoms with van der Waals surface area (Å²) in [6, 6.07) is 19.0. The van der Waals surface area contributed by atoms with E-state index < -0.39 is 29.8 Å². The third kappa shape index (κ3) is 4.06. The minimum absolute atomic E-state index is 0.134. The Labute approximate surface area is 187 Å². The highest BCUT2D eigenvalue weighted by Crippen LogP contribution is 2.52. The van der Waals surface area contributed by atoms with Gasteiger partial charge in [0.2, 0.25) is 5.92 Å². The van der Waals surface area contributed by atoms with Gasteiger partial charge in [-0.1, -0.05) is 60.7 Å². The number of rotatable bonds is 7. The number of halogens is 2. The molecule has 1 heterocycles. The van der Waals surface area contributed by atoms with Crippen LogP contribution in [0.4, 0.5) is 8.78 Å². The zero-order chi connectivity index (χ0) is 22.3. The molecule has 6 heteroatoms. The van der Waals surface area contributed by atoms with Gasteiger partial charge < -0.3 is 10.4 Å². The molecule has 3 fully saturated rings. The van der Waals surface area contributed by atoms with Crippen LogP contribution in [-0.4, -0.2) is 41.5 Å². The van der Waals surface area contributed by atoms with Crippen molar-refractivity contribution in [3.05, 3.63) is 71.8 Å². The average molecular weight is 441 g/mol. The number of hydrogen-bond donors (Lipinski definition) is 2. The van der Waals surface area contributed by atoms with Gasteiger partial charge in [0.25, 0.3) is 5.91 Å². The molecule has 32 heavy (non-hydrogen) atoms. The van der Waals surface area contributed by atoms with Crippen LogP contribution < -0.4 is 5.32 Å². The molecule has 2 aromatic carbocycles. The molecule has 170 valence electrons. The minimum atomic E-state index is -2.83. The van der Waals surface area contributed by atoms with Crippen molar-refractivity contribution in [2.45, 2.75) is 37.3 Å². The standard InChI is InChI=1S/C26H30F2N2O2/c27-25(28)12-11-20(13-25)26(32,19-9-5-2-6-10-19)24(31)29-14-21-22-16-30(17-23(21)22)15-18-7-3-1-4-8-18/h1-10,20-23,32H,11-17H2,(H,29,31)/t20?,21?,22-,23+,26-/m0/s1. The molecule has 2 aromatic rings. The van der Waals surface area contributed by atoms with Crippen LogP contribution in [0.5, 0.6) is 0 Å².